The molecule has 0 bridgehead atoms. The summed E-state index contributed by atoms with van der Waals surface area (Å²) < 4.78 is 5.39. The first-order chi connectivity index (χ1) is 15.2. The van der Waals surface area contributed by atoms with E-state index in [1.165, 1.54) is 12.8 Å². The van der Waals surface area contributed by atoms with Crippen LogP contribution in [0.1, 0.15) is 30.9 Å². The summed E-state index contributed by atoms with van der Waals surface area (Å²) in [6, 6.07) is 16.1. The van der Waals surface area contributed by atoms with E-state index in [-0.39, 0.29) is 24.3 Å². The monoisotopic (exact) mass is 439 g/mol. The molecular weight excluding hydrogens is 410 g/mol. The summed E-state index contributed by atoms with van der Waals surface area (Å²) in [6.45, 7) is 3.02. The number of rotatable bonds is 8. The summed E-state index contributed by atoms with van der Waals surface area (Å²) in [4.78, 5) is 30.4. The van der Waals surface area contributed by atoms with Gasteiger partial charge in [0.15, 0.2) is 0 Å². The van der Waals surface area contributed by atoms with E-state index < -0.39 is 0 Å². The van der Waals surface area contributed by atoms with Crippen LogP contribution in [0.5, 0.6) is 5.75 Å². The van der Waals surface area contributed by atoms with Crippen LogP contribution in [0.15, 0.2) is 53.4 Å². The van der Waals surface area contributed by atoms with Gasteiger partial charge >= 0.3 is 0 Å². The second kappa shape index (κ2) is 10.2. The molecule has 2 aliphatic heterocycles. The largest absolute Gasteiger partial charge is 0.497 e. The lowest BCUT2D eigenvalue weighted by atomic mass is 10.0. The van der Waals surface area contributed by atoms with Crippen LogP contribution >= 0.6 is 11.8 Å². The molecule has 0 saturated carbocycles. The van der Waals surface area contributed by atoms with Crippen LogP contribution in [0.4, 0.5) is 5.69 Å². The molecule has 2 aromatic rings. The quantitative estimate of drug-likeness (QED) is 0.682. The minimum Gasteiger partial charge on any atom is -0.497 e. The van der Waals surface area contributed by atoms with Gasteiger partial charge < -0.3 is 15.0 Å². The number of likely N-dealkylation sites (tertiary alicyclic amines) is 1. The number of amides is 2. The molecule has 6 nitrogen and oxygen atoms in total. The number of nitrogens with zero attached hydrogens (tertiary/aromatic N) is 2. The third-order valence-electron chi connectivity index (χ3n) is 5.92. The molecule has 0 aromatic heterocycles. The van der Waals surface area contributed by atoms with Crippen molar-refractivity contribution in [2.45, 2.75) is 30.2 Å². The van der Waals surface area contributed by atoms with Gasteiger partial charge in [0.1, 0.15) is 5.75 Å². The molecule has 2 aromatic carbocycles. The Kier molecular flexibility index (Phi) is 7.14. The number of fused-ring (bicyclic) bond motifs is 1. The molecule has 164 valence electrons. The zero-order valence-corrected chi connectivity index (χ0v) is 18.7. The maximum absolute atomic E-state index is 12.7. The average molecular weight is 440 g/mol. The normalized spacial score (nSPS) is 17.3. The van der Waals surface area contributed by atoms with Crippen molar-refractivity contribution in [1.29, 1.82) is 0 Å². The van der Waals surface area contributed by atoms with Gasteiger partial charge in [-0.3, -0.25) is 14.5 Å². The van der Waals surface area contributed by atoms with Crippen molar-refractivity contribution in [2.24, 2.45) is 0 Å². The van der Waals surface area contributed by atoms with E-state index in [1.807, 2.05) is 36.4 Å². The van der Waals surface area contributed by atoms with E-state index in [2.05, 4.69) is 22.3 Å². The van der Waals surface area contributed by atoms with Crippen LogP contribution < -0.4 is 15.0 Å². The maximum atomic E-state index is 12.7. The fourth-order valence-corrected chi connectivity index (χ4v) is 5.21. The number of benzene rings is 2. The number of thioether (sulfide) groups is 1. The molecule has 2 amide bonds. The van der Waals surface area contributed by atoms with Gasteiger partial charge in [-0.25, -0.2) is 0 Å². The third kappa shape index (κ3) is 5.22. The fourth-order valence-electron chi connectivity index (χ4n) is 4.27. The molecule has 1 N–H and O–H groups in total. The predicted molar refractivity (Wildman–Crippen MR) is 124 cm³/mol. The number of ether oxygens (including phenoxy) is 1. The Labute approximate surface area is 187 Å². The van der Waals surface area contributed by atoms with Crippen molar-refractivity contribution in [2.75, 3.05) is 43.9 Å². The smallest absolute Gasteiger partial charge is 0.237 e. The van der Waals surface area contributed by atoms with Gasteiger partial charge in [0.05, 0.1) is 24.6 Å². The van der Waals surface area contributed by atoms with E-state index in [4.69, 9.17) is 4.74 Å². The summed E-state index contributed by atoms with van der Waals surface area (Å²) in [6.07, 6.45) is 2.65. The summed E-state index contributed by atoms with van der Waals surface area (Å²) in [5, 5.41) is 3.11. The molecule has 1 atom stereocenters. The number of hydrogen-bond donors (Lipinski definition) is 1. The van der Waals surface area contributed by atoms with Crippen LogP contribution in [-0.4, -0.2) is 55.8 Å². The SMILES string of the molecule is COc1cccc([C@@H](CNC(=O)CCN2C(=O)CSc3ccccc32)N2CCCC2)c1. The standard InChI is InChI=1S/C24H29N3O3S/c1-30-19-8-6-7-18(15-19)21(26-12-4-5-13-26)16-25-23(28)11-14-27-20-9-2-3-10-22(20)31-17-24(27)29/h2-3,6-10,15,21H,4-5,11-14,16-17H2,1H3,(H,25,28)/t21-/m1/s1. The molecule has 1 saturated heterocycles. The highest BCUT2D eigenvalue weighted by Gasteiger charge is 2.26. The van der Waals surface area contributed by atoms with Crippen molar-refractivity contribution >= 4 is 29.3 Å². The lowest BCUT2D eigenvalue weighted by molar-refractivity contribution is -0.121. The van der Waals surface area contributed by atoms with Crippen molar-refractivity contribution in [3.63, 3.8) is 0 Å². The van der Waals surface area contributed by atoms with Gasteiger partial charge in [0, 0.05) is 24.4 Å². The van der Waals surface area contributed by atoms with Crippen LogP contribution in [-0.2, 0) is 9.59 Å². The number of methoxy groups -OCH3 is 1. The van der Waals surface area contributed by atoms with E-state index in [9.17, 15) is 9.59 Å². The van der Waals surface area contributed by atoms with Gasteiger partial charge in [0.25, 0.3) is 0 Å². The predicted octanol–water partition coefficient (Wildman–Crippen LogP) is 3.48. The van der Waals surface area contributed by atoms with E-state index in [0.717, 1.165) is 35.0 Å². The minimum atomic E-state index is -0.0319. The Morgan fingerprint density at radius 1 is 1.16 bits per heavy atom. The summed E-state index contributed by atoms with van der Waals surface area (Å²) >= 11 is 1.56. The van der Waals surface area contributed by atoms with Crippen LogP contribution in [0, 0.1) is 0 Å². The lowest BCUT2D eigenvalue weighted by Crippen LogP contribution is -2.40. The molecule has 0 unspecified atom stereocenters. The molecule has 0 aliphatic carbocycles. The number of carbonyl (C=O) groups is 2. The average Bonchev–Trinajstić information content (AvgIpc) is 3.33. The molecule has 7 heteroatoms. The zero-order chi connectivity index (χ0) is 21.6. The summed E-state index contributed by atoms with van der Waals surface area (Å²) in [5.74, 6) is 1.28. The first-order valence-corrected chi connectivity index (χ1v) is 11.8. The van der Waals surface area contributed by atoms with E-state index in [0.29, 0.717) is 18.8 Å². The Hall–Kier alpha value is -2.51. The Balaban J connectivity index is 1.37. The van der Waals surface area contributed by atoms with Crippen molar-refractivity contribution in [3.05, 3.63) is 54.1 Å². The highest BCUT2D eigenvalue weighted by molar-refractivity contribution is 8.00. The molecular formula is C24H29N3O3S. The van der Waals surface area contributed by atoms with Crippen LogP contribution in [0.3, 0.4) is 0 Å². The molecule has 4 rings (SSSR count). The fraction of sp³-hybridized carbons (Fsp3) is 0.417. The second-order valence-electron chi connectivity index (χ2n) is 7.89. The Bertz CT molecular complexity index is 930. The first-order valence-electron chi connectivity index (χ1n) is 10.8. The minimum absolute atomic E-state index is 0.0319. The number of carbonyl (C=O) groups excluding carboxylic acids is 2. The number of para-hydroxylation sites is 1. The van der Waals surface area contributed by atoms with Crippen LogP contribution in [0.25, 0.3) is 0 Å². The maximum Gasteiger partial charge on any atom is 0.237 e. The Morgan fingerprint density at radius 2 is 1.97 bits per heavy atom. The van der Waals surface area contributed by atoms with E-state index >= 15 is 0 Å². The van der Waals surface area contributed by atoms with Crippen molar-refractivity contribution in [1.82, 2.24) is 10.2 Å². The van der Waals surface area contributed by atoms with Gasteiger partial charge in [-0.05, 0) is 55.8 Å². The van der Waals surface area contributed by atoms with Gasteiger partial charge in [0.2, 0.25) is 11.8 Å². The second-order valence-corrected chi connectivity index (χ2v) is 8.91. The van der Waals surface area contributed by atoms with Gasteiger partial charge in [-0.1, -0.05) is 24.3 Å². The number of anilines is 1. The van der Waals surface area contributed by atoms with Crippen molar-refractivity contribution in [3.8, 4) is 5.75 Å². The molecule has 0 radical (unpaired) electrons. The molecule has 1 fully saturated rings. The van der Waals surface area contributed by atoms with Gasteiger partial charge in [-0.15, -0.1) is 11.8 Å². The highest BCUT2D eigenvalue weighted by Crippen LogP contribution is 2.35. The molecule has 2 aliphatic rings. The van der Waals surface area contributed by atoms with E-state index in [1.54, 1.807) is 23.8 Å². The zero-order valence-electron chi connectivity index (χ0n) is 17.9. The lowest BCUT2D eigenvalue weighted by Gasteiger charge is -2.30. The van der Waals surface area contributed by atoms with Gasteiger partial charge in [-0.2, -0.15) is 0 Å². The number of hydrogen-bond acceptors (Lipinski definition) is 5. The Morgan fingerprint density at radius 3 is 2.77 bits per heavy atom. The third-order valence-corrected chi connectivity index (χ3v) is 6.97. The first kappa shape index (κ1) is 21.7. The topological polar surface area (TPSA) is 61.9 Å². The van der Waals surface area contributed by atoms with Crippen molar-refractivity contribution < 1.29 is 14.3 Å². The molecule has 0 spiro atoms. The van der Waals surface area contributed by atoms with Crippen LogP contribution in [0.2, 0.25) is 0 Å². The molecule has 2 heterocycles. The number of nitrogens with one attached hydrogen (secondary N) is 1. The highest BCUT2D eigenvalue weighted by atomic mass is 32.2. The summed E-state index contributed by atoms with van der Waals surface area (Å²) in [5.41, 5.74) is 2.06. The molecule has 31 heavy (non-hydrogen) atoms. The summed E-state index contributed by atoms with van der Waals surface area (Å²) in [7, 11) is 1.67.